The van der Waals surface area contributed by atoms with Crippen LogP contribution in [-0.2, 0) is 6.42 Å². The van der Waals surface area contributed by atoms with E-state index in [0.29, 0.717) is 0 Å². The Hall–Kier alpha value is -0.520. The summed E-state index contributed by atoms with van der Waals surface area (Å²) >= 11 is 3.43. The first-order valence-electron chi connectivity index (χ1n) is 3.61. The molecule has 0 radical (unpaired) electrons. The lowest BCUT2D eigenvalue weighted by molar-refractivity contribution is 0.830. The fourth-order valence-corrected chi connectivity index (χ4v) is 1.29. The second kappa shape index (κ2) is 4.38. The highest BCUT2D eigenvalue weighted by atomic mass is 79.9. The number of halogens is 1. The van der Waals surface area contributed by atoms with Crippen molar-refractivity contribution < 1.29 is 0 Å². The van der Waals surface area contributed by atoms with E-state index in [1.165, 1.54) is 0 Å². The maximum atomic E-state index is 5.39. The predicted molar refractivity (Wildman–Crippen MR) is 49.2 cm³/mol. The topological polar surface area (TPSA) is 26.0 Å². The number of nitrogens with two attached hydrogens (primary N) is 1. The van der Waals surface area contributed by atoms with Crippen LogP contribution < -0.4 is 5.73 Å². The van der Waals surface area contributed by atoms with Gasteiger partial charge in [-0.1, -0.05) is 12.1 Å². The lowest BCUT2D eigenvalue weighted by Crippen LogP contribution is -2.00. The van der Waals surface area contributed by atoms with Crippen molar-refractivity contribution in [2.24, 2.45) is 5.73 Å². The van der Waals surface area contributed by atoms with Crippen molar-refractivity contribution in [2.75, 3.05) is 6.54 Å². The van der Waals surface area contributed by atoms with E-state index in [0.717, 1.165) is 29.4 Å². The van der Waals surface area contributed by atoms with Gasteiger partial charge in [0.2, 0.25) is 0 Å². The van der Waals surface area contributed by atoms with E-state index in [-0.39, 0.29) is 0 Å². The van der Waals surface area contributed by atoms with Crippen LogP contribution in [0.25, 0.3) is 0 Å². The summed E-state index contributed by atoms with van der Waals surface area (Å²) < 4.78 is 1.10. The molecule has 1 nitrogen and oxygen atoms in total. The highest BCUT2D eigenvalue weighted by molar-refractivity contribution is 9.10. The summed E-state index contributed by atoms with van der Waals surface area (Å²) in [6.07, 6.45) is 1.99. The molecule has 0 bridgehead atoms. The van der Waals surface area contributed by atoms with Crippen molar-refractivity contribution in [1.29, 1.82) is 0 Å². The molecule has 1 aromatic carbocycles. The first kappa shape index (κ1) is 8.58. The van der Waals surface area contributed by atoms with E-state index in [2.05, 4.69) is 28.1 Å². The van der Waals surface area contributed by atoms with E-state index < -0.39 is 0 Å². The summed E-state index contributed by atoms with van der Waals surface area (Å²) in [5.41, 5.74) is 6.55. The molecule has 0 amide bonds. The predicted octanol–water partition coefficient (Wildman–Crippen LogP) is 1.94. The Balaban J connectivity index is 2.62. The molecule has 2 heteroatoms. The first-order chi connectivity index (χ1) is 5.34. The quantitative estimate of drug-likeness (QED) is 0.813. The molecule has 0 atom stereocenters. The van der Waals surface area contributed by atoms with Crippen LogP contribution in [0.3, 0.4) is 0 Å². The molecule has 0 aliphatic heterocycles. The van der Waals surface area contributed by atoms with Crippen LogP contribution in [0, 0.1) is 12.1 Å². The Labute approximate surface area is 75.7 Å². The summed E-state index contributed by atoms with van der Waals surface area (Å²) in [7, 11) is 0. The van der Waals surface area contributed by atoms with Crippen molar-refractivity contribution in [1.82, 2.24) is 0 Å². The summed E-state index contributed by atoms with van der Waals surface area (Å²) in [5, 5.41) is 0. The molecule has 11 heavy (non-hydrogen) atoms. The van der Waals surface area contributed by atoms with Gasteiger partial charge in [-0.15, -0.1) is 0 Å². The molecule has 0 spiro atoms. The molecule has 0 aliphatic rings. The van der Waals surface area contributed by atoms with Crippen LogP contribution in [0.1, 0.15) is 12.0 Å². The van der Waals surface area contributed by atoms with Crippen molar-refractivity contribution in [3.63, 3.8) is 0 Å². The second-order valence-corrected chi connectivity index (χ2v) is 3.18. The molecule has 1 aromatic rings. The highest BCUT2D eigenvalue weighted by Gasteiger charge is 1.95. The highest BCUT2D eigenvalue weighted by Crippen LogP contribution is 2.14. The van der Waals surface area contributed by atoms with Crippen LogP contribution in [0.4, 0.5) is 0 Å². The van der Waals surface area contributed by atoms with Gasteiger partial charge in [0.25, 0.3) is 0 Å². The van der Waals surface area contributed by atoms with E-state index in [1.54, 1.807) is 0 Å². The maximum Gasteiger partial charge on any atom is 0.0297 e. The van der Waals surface area contributed by atoms with Gasteiger partial charge in [0.05, 0.1) is 0 Å². The minimum Gasteiger partial charge on any atom is -0.330 e. The molecule has 1 rings (SSSR count). The smallest absolute Gasteiger partial charge is 0.0297 e. The molecule has 0 heterocycles. The fraction of sp³-hybridized carbons (Fsp3) is 0.333. The average Bonchev–Trinajstić information content (AvgIpc) is 2.03. The van der Waals surface area contributed by atoms with Crippen LogP contribution in [0.5, 0.6) is 0 Å². The maximum absolute atomic E-state index is 5.39. The van der Waals surface area contributed by atoms with Gasteiger partial charge in [0.1, 0.15) is 0 Å². The Kier molecular flexibility index (Phi) is 3.41. The molecule has 2 N–H and O–H groups in total. The summed E-state index contributed by atoms with van der Waals surface area (Å²) in [6, 6.07) is 9.78. The molecule has 58 valence electrons. The zero-order chi connectivity index (χ0) is 8.10. The lowest BCUT2D eigenvalue weighted by Gasteiger charge is -1.97. The Morgan fingerprint density at radius 3 is 3.00 bits per heavy atom. The fourth-order valence-electron chi connectivity index (χ4n) is 0.865. The number of hydrogen-bond donors (Lipinski definition) is 1. The average molecular weight is 212 g/mol. The summed E-state index contributed by atoms with van der Waals surface area (Å²) in [4.78, 5) is 0. The first-order valence-corrected chi connectivity index (χ1v) is 4.40. The van der Waals surface area contributed by atoms with Gasteiger partial charge in [0, 0.05) is 10.0 Å². The van der Waals surface area contributed by atoms with E-state index in [1.807, 2.05) is 12.1 Å². The van der Waals surface area contributed by atoms with Gasteiger partial charge in [-0.2, -0.15) is 0 Å². The van der Waals surface area contributed by atoms with Gasteiger partial charge in [0.15, 0.2) is 0 Å². The van der Waals surface area contributed by atoms with Gasteiger partial charge in [-0.05, 0) is 47.4 Å². The summed E-state index contributed by atoms with van der Waals surface area (Å²) in [6.45, 7) is 0.731. The van der Waals surface area contributed by atoms with Crippen molar-refractivity contribution in [3.8, 4) is 0 Å². The monoisotopic (exact) mass is 211 g/mol. The third kappa shape index (κ3) is 2.53. The van der Waals surface area contributed by atoms with Crippen LogP contribution in [0.2, 0.25) is 0 Å². The molecule has 0 fully saturated rings. The minimum absolute atomic E-state index is 0.731. The largest absolute Gasteiger partial charge is 0.330 e. The van der Waals surface area contributed by atoms with E-state index in [9.17, 15) is 0 Å². The van der Waals surface area contributed by atoms with Gasteiger partial charge >= 0.3 is 0 Å². The molecular formula is C9H10BrN. The van der Waals surface area contributed by atoms with Gasteiger partial charge in [-0.25, -0.2) is 0 Å². The third-order valence-electron chi connectivity index (χ3n) is 1.46. The Morgan fingerprint density at radius 1 is 1.55 bits per heavy atom. The third-order valence-corrected chi connectivity index (χ3v) is 2.20. The number of hydrogen-bond acceptors (Lipinski definition) is 1. The van der Waals surface area contributed by atoms with Crippen LogP contribution in [-0.4, -0.2) is 6.54 Å². The zero-order valence-electron chi connectivity index (χ0n) is 6.23. The van der Waals surface area contributed by atoms with Gasteiger partial charge < -0.3 is 5.73 Å². The molecule has 0 saturated heterocycles. The molecule has 0 unspecified atom stereocenters. The zero-order valence-corrected chi connectivity index (χ0v) is 7.82. The van der Waals surface area contributed by atoms with Crippen LogP contribution >= 0.6 is 15.9 Å². The Bertz CT molecular complexity index is 223. The van der Waals surface area contributed by atoms with E-state index in [4.69, 9.17) is 5.73 Å². The standard InChI is InChI=1S/C9H10BrN/c10-9-6-2-1-4-8(9)5-3-7-11/h2,6H,3,5,7,11H2. The minimum atomic E-state index is 0.731. The van der Waals surface area contributed by atoms with Crippen molar-refractivity contribution >= 4 is 15.9 Å². The SMILES string of the molecule is NCCCc1c#cccc1Br. The Morgan fingerprint density at radius 2 is 2.36 bits per heavy atom. The summed E-state index contributed by atoms with van der Waals surface area (Å²) in [5.74, 6) is 0. The molecule has 0 saturated carbocycles. The van der Waals surface area contributed by atoms with Crippen LogP contribution in [0.15, 0.2) is 16.6 Å². The molecular weight excluding hydrogens is 202 g/mol. The van der Waals surface area contributed by atoms with Crippen molar-refractivity contribution in [2.45, 2.75) is 12.8 Å². The van der Waals surface area contributed by atoms with Gasteiger partial charge in [-0.3, -0.25) is 0 Å². The van der Waals surface area contributed by atoms with E-state index >= 15 is 0 Å². The lowest BCUT2D eigenvalue weighted by atomic mass is 10.1. The molecule has 0 aliphatic carbocycles. The normalized spacial score (nSPS) is 9.27. The molecule has 0 aromatic heterocycles. The second-order valence-electron chi connectivity index (χ2n) is 2.32. The number of rotatable bonds is 3. The van der Waals surface area contributed by atoms with Crippen molar-refractivity contribution in [3.05, 3.63) is 34.3 Å².